The summed E-state index contributed by atoms with van der Waals surface area (Å²) in [5, 5.41) is 4.45. The highest BCUT2D eigenvalue weighted by atomic mass is 16.2. The Kier molecular flexibility index (Phi) is 4.73. The van der Waals surface area contributed by atoms with Crippen LogP contribution in [0.3, 0.4) is 0 Å². The van der Waals surface area contributed by atoms with E-state index in [0.29, 0.717) is 6.42 Å². The molecule has 0 saturated heterocycles. The maximum Gasteiger partial charge on any atom is 0.223 e. The summed E-state index contributed by atoms with van der Waals surface area (Å²) in [6, 6.07) is 0.0890. The lowest BCUT2D eigenvalue weighted by molar-refractivity contribution is -0.133. The third-order valence-corrected chi connectivity index (χ3v) is 5.17. The van der Waals surface area contributed by atoms with Gasteiger partial charge in [0.25, 0.3) is 0 Å². The Bertz CT molecular complexity index is 730. The first-order chi connectivity index (χ1) is 11.5. The molecule has 1 atom stereocenters. The fourth-order valence-electron chi connectivity index (χ4n) is 3.77. The van der Waals surface area contributed by atoms with E-state index in [0.717, 1.165) is 49.6 Å². The van der Waals surface area contributed by atoms with Gasteiger partial charge in [0.15, 0.2) is 0 Å². The quantitative estimate of drug-likeness (QED) is 0.866. The van der Waals surface area contributed by atoms with Gasteiger partial charge in [-0.2, -0.15) is 5.10 Å². The van der Waals surface area contributed by atoms with Crippen molar-refractivity contribution in [3.05, 3.63) is 35.2 Å². The second kappa shape index (κ2) is 6.79. The van der Waals surface area contributed by atoms with Crippen LogP contribution in [0.15, 0.2) is 12.4 Å². The van der Waals surface area contributed by atoms with Gasteiger partial charge in [-0.15, -0.1) is 0 Å². The molecule has 3 rings (SSSR count). The van der Waals surface area contributed by atoms with Gasteiger partial charge in [0.05, 0.1) is 11.7 Å². The minimum absolute atomic E-state index is 0.0890. The van der Waals surface area contributed by atoms with Gasteiger partial charge in [0, 0.05) is 44.6 Å². The van der Waals surface area contributed by atoms with Crippen LogP contribution in [-0.2, 0) is 24.8 Å². The molecule has 0 aromatic carbocycles. The van der Waals surface area contributed by atoms with E-state index < -0.39 is 0 Å². The average Bonchev–Trinajstić information content (AvgIpc) is 3.05. The molecule has 2 aromatic rings. The lowest BCUT2D eigenvalue weighted by atomic mass is 10.1. The first kappa shape index (κ1) is 16.7. The molecular weight excluding hydrogens is 302 g/mol. The minimum atomic E-state index is 0.0890. The summed E-state index contributed by atoms with van der Waals surface area (Å²) < 4.78 is 4.09. The summed E-state index contributed by atoms with van der Waals surface area (Å²) in [5.41, 5.74) is 3.38. The number of carbonyl (C=O) groups is 1. The fourth-order valence-corrected chi connectivity index (χ4v) is 3.77. The van der Waals surface area contributed by atoms with Crippen molar-refractivity contribution >= 4 is 5.91 Å². The lowest BCUT2D eigenvalue weighted by Crippen LogP contribution is -2.35. The summed E-state index contributed by atoms with van der Waals surface area (Å²) in [4.78, 5) is 19.5. The van der Waals surface area contributed by atoms with E-state index in [4.69, 9.17) is 0 Å². The molecule has 1 aliphatic rings. The van der Waals surface area contributed by atoms with Crippen LogP contribution in [0.1, 0.15) is 55.0 Å². The van der Waals surface area contributed by atoms with E-state index >= 15 is 0 Å². The zero-order valence-electron chi connectivity index (χ0n) is 15.1. The van der Waals surface area contributed by atoms with Gasteiger partial charge < -0.3 is 9.47 Å². The molecule has 0 aliphatic carbocycles. The van der Waals surface area contributed by atoms with E-state index in [1.807, 2.05) is 35.9 Å². The molecule has 3 heterocycles. The number of nitrogens with zero attached hydrogens (tertiary/aromatic N) is 5. The number of aryl methyl sites for hydroxylation is 3. The Balaban J connectivity index is 1.74. The molecule has 6 heteroatoms. The summed E-state index contributed by atoms with van der Waals surface area (Å²) in [5.74, 6) is 1.25. The van der Waals surface area contributed by atoms with Crippen molar-refractivity contribution in [3.8, 4) is 0 Å². The second-order valence-electron chi connectivity index (χ2n) is 6.62. The first-order valence-electron chi connectivity index (χ1n) is 8.82. The standard InChI is InChI=1S/C18H27N5O/c1-5-16-18-19-9-12-22(18)10-6-11-23(16)17(24)8-7-15-13(2)20-21(4)14(15)3/h9,12,16H,5-8,10-11H2,1-4H3. The Morgan fingerprint density at radius 3 is 2.79 bits per heavy atom. The van der Waals surface area contributed by atoms with Gasteiger partial charge in [-0.3, -0.25) is 9.48 Å². The molecule has 0 saturated carbocycles. The number of amides is 1. The molecular formula is C18H27N5O. The van der Waals surface area contributed by atoms with Crippen LogP contribution in [0.25, 0.3) is 0 Å². The number of fused-ring (bicyclic) bond motifs is 1. The molecule has 1 unspecified atom stereocenters. The molecule has 6 nitrogen and oxygen atoms in total. The summed E-state index contributed by atoms with van der Waals surface area (Å²) in [7, 11) is 1.95. The molecule has 130 valence electrons. The topological polar surface area (TPSA) is 56.0 Å². The van der Waals surface area contributed by atoms with Gasteiger partial charge in [0.1, 0.15) is 5.82 Å². The van der Waals surface area contributed by atoms with Crippen LogP contribution in [0.2, 0.25) is 0 Å². The Labute approximate surface area is 143 Å². The first-order valence-corrected chi connectivity index (χ1v) is 8.82. The number of hydrogen-bond donors (Lipinski definition) is 0. The molecule has 0 N–H and O–H groups in total. The number of hydrogen-bond acceptors (Lipinski definition) is 3. The van der Waals surface area contributed by atoms with Crippen LogP contribution in [0.5, 0.6) is 0 Å². The molecule has 0 spiro atoms. The van der Waals surface area contributed by atoms with E-state index in [2.05, 4.69) is 28.5 Å². The van der Waals surface area contributed by atoms with Crippen LogP contribution in [0, 0.1) is 13.8 Å². The zero-order valence-corrected chi connectivity index (χ0v) is 15.1. The number of rotatable bonds is 4. The summed E-state index contributed by atoms with van der Waals surface area (Å²) in [6.07, 6.45) is 7.03. The SMILES string of the molecule is CCC1c2nccn2CCCN1C(=O)CCc1c(C)nn(C)c1C. The van der Waals surface area contributed by atoms with Crippen LogP contribution < -0.4 is 0 Å². The monoisotopic (exact) mass is 329 g/mol. The highest BCUT2D eigenvalue weighted by Gasteiger charge is 2.29. The van der Waals surface area contributed by atoms with Crippen LogP contribution in [-0.4, -0.2) is 36.7 Å². The maximum absolute atomic E-state index is 12.9. The van der Waals surface area contributed by atoms with Crippen molar-refractivity contribution < 1.29 is 4.79 Å². The van der Waals surface area contributed by atoms with Crippen molar-refractivity contribution in [2.24, 2.45) is 7.05 Å². The fraction of sp³-hybridized carbons (Fsp3) is 0.611. The average molecular weight is 329 g/mol. The summed E-state index contributed by atoms with van der Waals surface area (Å²) in [6.45, 7) is 7.97. The summed E-state index contributed by atoms with van der Waals surface area (Å²) >= 11 is 0. The van der Waals surface area contributed by atoms with Gasteiger partial charge in [-0.1, -0.05) is 6.92 Å². The maximum atomic E-state index is 12.9. The molecule has 1 amide bonds. The molecule has 24 heavy (non-hydrogen) atoms. The van der Waals surface area contributed by atoms with Gasteiger partial charge in [-0.25, -0.2) is 4.98 Å². The zero-order chi connectivity index (χ0) is 17.3. The second-order valence-corrected chi connectivity index (χ2v) is 6.62. The Morgan fingerprint density at radius 2 is 2.12 bits per heavy atom. The van der Waals surface area contributed by atoms with E-state index in [1.165, 1.54) is 5.56 Å². The van der Waals surface area contributed by atoms with E-state index in [1.54, 1.807) is 0 Å². The van der Waals surface area contributed by atoms with Gasteiger partial charge >= 0.3 is 0 Å². The van der Waals surface area contributed by atoms with Crippen molar-refractivity contribution in [3.63, 3.8) is 0 Å². The highest BCUT2D eigenvalue weighted by Crippen LogP contribution is 2.27. The predicted octanol–water partition coefficient (Wildman–Crippen LogP) is 2.55. The largest absolute Gasteiger partial charge is 0.333 e. The molecule has 0 fully saturated rings. The van der Waals surface area contributed by atoms with Crippen LogP contribution in [0.4, 0.5) is 0 Å². The highest BCUT2D eigenvalue weighted by molar-refractivity contribution is 5.77. The molecule has 0 radical (unpaired) electrons. The predicted molar refractivity (Wildman–Crippen MR) is 92.6 cm³/mol. The Hall–Kier alpha value is -2.11. The van der Waals surface area contributed by atoms with Gasteiger partial charge in [-0.05, 0) is 38.7 Å². The number of imidazole rings is 1. The number of aromatic nitrogens is 4. The smallest absolute Gasteiger partial charge is 0.223 e. The lowest BCUT2D eigenvalue weighted by Gasteiger charge is -2.28. The van der Waals surface area contributed by atoms with Crippen molar-refractivity contribution in [2.75, 3.05) is 6.54 Å². The molecule has 2 aromatic heterocycles. The molecule has 0 bridgehead atoms. The normalized spacial score (nSPS) is 17.7. The van der Waals surface area contributed by atoms with Crippen LogP contribution >= 0.6 is 0 Å². The number of carbonyl (C=O) groups excluding carboxylic acids is 1. The van der Waals surface area contributed by atoms with Crippen molar-refractivity contribution in [1.29, 1.82) is 0 Å². The third-order valence-electron chi connectivity index (χ3n) is 5.17. The van der Waals surface area contributed by atoms with Crippen molar-refractivity contribution in [2.45, 2.75) is 59.0 Å². The van der Waals surface area contributed by atoms with Gasteiger partial charge in [0.2, 0.25) is 5.91 Å². The minimum Gasteiger partial charge on any atom is -0.333 e. The van der Waals surface area contributed by atoms with E-state index in [9.17, 15) is 4.79 Å². The van der Waals surface area contributed by atoms with Crippen molar-refractivity contribution in [1.82, 2.24) is 24.2 Å². The third kappa shape index (κ3) is 2.97. The van der Waals surface area contributed by atoms with E-state index in [-0.39, 0.29) is 11.9 Å². The Morgan fingerprint density at radius 1 is 1.33 bits per heavy atom. The molecule has 1 aliphatic heterocycles.